The highest BCUT2D eigenvalue weighted by molar-refractivity contribution is 8.00. The summed E-state index contributed by atoms with van der Waals surface area (Å²) in [6.45, 7) is 5.25. The van der Waals surface area contributed by atoms with Crippen molar-refractivity contribution in [2.24, 2.45) is 0 Å². The normalized spacial score (nSPS) is 10.8. The van der Waals surface area contributed by atoms with Gasteiger partial charge in [-0.1, -0.05) is 17.7 Å². The van der Waals surface area contributed by atoms with E-state index in [4.69, 9.17) is 22.1 Å². The minimum Gasteiger partial charge on any atom is -0.398 e. The van der Waals surface area contributed by atoms with Crippen LogP contribution in [0.15, 0.2) is 23.1 Å². The van der Waals surface area contributed by atoms with Gasteiger partial charge in [-0.05, 0) is 32.4 Å². The highest BCUT2D eigenvalue weighted by atomic mass is 35.5. The fourth-order valence-corrected chi connectivity index (χ4v) is 2.65. The van der Waals surface area contributed by atoms with Crippen LogP contribution in [0.1, 0.15) is 20.3 Å². The molecule has 3 N–H and O–H groups in total. The van der Waals surface area contributed by atoms with Crippen molar-refractivity contribution in [3.63, 3.8) is 0 Å². The standard InChI is InChI=1S/C14H21ClN2O2S/c1-10(2)19-8-4-7-17-13(18)9-20-14-11(15)5-3-6-12(14)16/h3,5-6,10H,4,7-9,16H2,1-2H3,(H,17,18). The van der Waals surface area contributed by atoms with Gasteiger partial charge in [-0.2, -0.15) is 0 Å². The molecule has 112 valence electrons. The van der Waals surface area contributed by atoms with Gasteiger partial charge in [-0.25, -0.2) is 0 Å². The lowest BCUT2D eigenvalue weighted by molar-refractivity contribution is -0.118. The second-order valence-electron chi connectivity index (χ2n) is 4.57. The van der Waals surface area contributed by atoms with Gasteiger partial charge >= 0.3 is 0 Å². The number of nitrogens with two attached hydrogens (primary N) is 1. The van der Waals surface area contributed by atoms with Gasteiger partial charge in [0.2, 0.25) is 5.91 Å². The van der Waals surface area contributed by atoms with Crippen molar-refractivity contribution in [2.75, 3.05) is 24.6 Å². The van der Waals surface area contributed by atoms with Gasteiger partial charge in [0.25, 0.3) is 0 Å². The van der Waals surface area contributed by atoms with Gasteiger partial charge < -0.3 is 15.8 Å². The lowest BCUT2D eigenvalue weighted by Gasteiger charge is -2.09. The molecule has 0 aliphatic rings. The summed E-state index contributed by atoms with van der Waals surface area (Å²) in [4.78, 5) is 12.4. The number of carbonyl (C=O) groups excluding carboxylic acids is 1. The van der Waals surface area contributed by atoms with Crippen molar-refractivity contribution in [1.29, 1.82) is 0 Å². The summed E-state index contributed by atoms with van der Waals surface area (Å²) in [5, 5.41) is 3.42. The molecule has 1 aromatic rings. The zero-order chi connectivity index (χ0) is 15.0. The topological polar surface area (TPSA) is 64.3 Å². The van der Waals surface area contributed by atoms with Crippen LogP contribution in [0.4, 0.5) is 5.69 Å². The summed E-state index contributed by atoms with van der Waals surface area (Å²) in [5.74, 6) is 0.276. The molecule has 0 bridgehead atoms. The van der Waals surface area contributed by atoms with E-state index in [9.17, 15) is 4.79 Å². The van der Waals surface area contributed by atoms with Crippen LogP contribution in [0, 0.1) is 0 Å². The molecule has 1 amide bonds. The quantitative estimate of drug-likeness (QED) is 0.440. The number of hydrogen-bond donors (Lipinski definition) is 2. The van der Waals surface area contributed by atoms with E-state index in [1.54, 1.807) is 18.2 Å². The second-order valence-corrected chi connectivity index (χ2v) is 5.96. The Labute approximate surface area is 129 Å². The molecule has 0 fully saturated rings. The van der Waals surface area contributed by atoms with Crippen molar-refractivity contribution in [3.05, 3.63) is 23.2 Å². The molecule has 0 saturated carbocycles. The third-order valence-electron chi connectivity index (χ3n) is 2.44. The zero-order valence-electron chi connectivity index (χ0n) is 11.8. The van der Waals surface area contributed by atoms with Gasteiger partial charge in [0.15, 0.2) is 0 Å². The predicted molar refractivity (Wildman–Crippen MR) is 85.3 cm³/mol. The Bertz CT molecular complexity index is 421. The Kier molecular flexibility index (Phi) is 7.80. The number of nitrogens with one attached hydrogen (secondary N) is 1. The summed E-state index contributed by atoms with van der Waals surface area (Å²) in [6.07, 6.45) is 1.03. The second kappa shape index (κ2) is 9.10. The number of rotatable bonds is 8. The summed E-state index contributed by atoms with van der Waals surface area (Å²) in [5.41, 5.74) is 6.42. The van der Waals surface area contributed by atoms with E-state index in [1.165, 1.54) is 11.8 Å². The van der Waals surface area contributed by atoms with E-state index in [0.29, 0.717) is 29.6 Å². The third-order valence-corrected chi connectivity index (χ3v) is 4.02. The molecule has 0 unspecified atom stereocenters. The van der Waals surface area contributed by atoms with Crippen LogP contribution in [0.5, 0.6) is 0 Å². The molecule has 1 aromatic carbocycles. The van der Waals surface area contributed by atoms with Crippen molar-refractivity contribution in [3.8, 4) is 0 Å². The Morgan fingerprint density at radius 1 is 1.50 bits per heavy atom. The average Bonchev–Trinajstić information content (AvgIpc) is 2.37. The smallest absolute Gasteiger partial charge is 0.230 e. The van der Waals surface area contributed by atoms with Crippen LogP contribution in [0.3, 0.4) is 0 Å². The van der Waals surface area contributed by atoms with Crippen LogP contribution in [0.25, 0.3) is 0 Å². The molecule has 20 heavy (non-hydrogen) atoms. The van der Waals surface area contributed by atoms with Gasteiger partial charge in [-0.15, -0.1) is 11.8 Å². The number of carbonyl (C=O) groups is 1. The summed E-state index contributed by atoms with van der Waals surface area (Å²) in [6, 6.07) is 5.33. The fourth-order valence-electron chi connectivity index (χ4n) is 1.49. The van der Waals surface area contributed by atoms with E-state index < -0.39 is 0 Å². The van der Waals surface area contributed by atoms with E-state index in [1.807, 2.05) is 13.8 Å². The molecule has 0 aliphatic heterocycles. The number of nitrogen functional groups attached to an aromatic ring is 1. The Morgan fingerprint density at radius 2 is 2.25 bits per heavy atom. The van der Waals surface area contributed by atoms with Gasteiger partial charge in [0, 0.05) is 23.7 Å². The van der Waals surface area contributed by atoms with E-state index >= 15 is 0 Å². The molecule has 0 radical (unpaired) electrons. The van der Waals surface area contributed by atoms with Crippen molar-refractivity contribution >= 4 is 35.0 Å². The minimum atomic E-state index is -0.0288. The van der Waals surface area contributed by atoms with E-state index in [-0.39, 0.29) is 12.0 Å². The monoisotopic (exact) mass is 316 g/mol. The van der Waals surface area contributed by atoms with Gasteiger partial charge in [0.1, 0.15) is 0 Å². The highest BCUT2D eigenvalue weighted by Gasteiger charge is 2.08. The average molecular weight is 317 g/mol. The summed E-state index contributed by atoms with van der Waals surface area (Å²) >= 11 is 7.39. The Morgan fingerprint density at radius 3 is 2.90 bits per heavy atom. The predicted octanol–water partition coefficient (Wildman–Crippen LogP) is 2.95. The van der Waals surface area contributed by atoms with E-state index in [2.05, 4.69) is 5.32 Å². The highest BCUT2D eigenvalue weighted by Crippen LogP contribution is 2.32. The number of benzene rings is 1. The number of hydrogen-bond acceptors (Lipinski definition) is 4. The zero-order valence-corrected chi connectivity index (χ0v) is 13.4. The van der Waals surface area contributed by atoms with Crippen molar-refractivity contribution in [2.45, 2.75) is 31.3 Å². The first-order valence-electron chi connectivity index (χ1n) is 6.55. The molecule has 0 atom stereocenters. The molecule has 0 aromatic heterocycles. The lowest BCUT2D eigenvalue weighted by atomic mass is 10.3. The Hall–Kier alpha value is -0.910. The maximum Gasteiger partial charge on any atom is 0.230 e. The van der Waals surface area contributed by atoms with E-state index in [0.717, 1.165) is 11.3 Å². The third kappa shape index (κ3) is 6.50. The fraction of sp³-hybridized carbons (Fsp3) is 0.500. The molecule has 0 aliphatic carbocycles. The van der Waals surface area contributed by atoms with Crippen LogP contribution in [0.2, 0.25) is 5.02 Å². The number of ether oxygens (including phenoxy) is 1. The molecule has 4 nitrogen and oxygen atoms in total. The van der Waals surface area contributed by atoms with Crippen molar-refractivity contribution < 1.29 is 9.53 Å². The van der Waals surface area contributed by atoms with Gasteiger partial charge in [-0.3, -0.25) is 4.79 Å². The maximum absolute atomic E-state index is 11.7. The first kappa shape index (κ1) is 17.1. The molecule has 0 spiro atoms. The number of anilines is 1. The minimum absolute atomic E-state index is 0.0288. The summed E-state index contributed by atoms with van der Waals surface area (Å²) < 4.78 is 5.39. The molecule has 0 saturated heterocycles. The molecule has 1 rings (SSSR count). The molecular weight excluding hydrogens is 296 g/mol. The maximum atomic E-state index is 11.7. The van der Waals surface area contributed by atoms with Crippen LogP contribution < -0.4 is 11.1 Å². The molecule has 6 heteroatoms. The number of amides is 1. The first-order valence-corrected chi connectivity index (χ1v) is 7.92. The SMILES string of the molecule is CC(C)OCCCNC(=O)CSc1c(N)cccc1Cl. The lowest BCUT2D eigenvalue weighted by Crippen LogP contribution is -2.27. The first-order chi connectivity index (χ1) is 9.50. The Balaban J connectivity index is 2.23. The molecule has 0 heterocycles. The number of thioether (sulfide) groups is 1. The van der Waals surface area contributed by atoms with Crippen LogP contribution in [-0.4, -0.2) is 30.9 Å². The van der Waals surface area contributed by atoms with Crippen LogP contribution in [-0.2, 0) is 9.53 Å². The van der Waals surface area contributed by atoms with Crippen molar-refractivity contribution in [1.82, 2.24) is 5.32 Å². The largest absolute Gasteiger partial charge is 0.398 e. The van der Waals surface area contributed by atoms with Gasteiger partial charge in [0.05, 0.1) is 16.9 Å². The van der Waals surface area contributed by atoms with Crippen LogP contribution >= 0.6 is 23.4 Å². The number of halogens is 1. The molecular formula is C14H21ClN2O2S. The summed E-state index contributed by atoms with van der Waals surface area (Å²) in [7, 11) is 0.